The zero-order chi connectivity index (χ0) is 22.3. The Hall–Kier alpha value is -3.13. The largest absolute Gasteiger partial charge is 0.356 e. The Kier molecular flexibility index (Phi) is 5.35. The molecule has 0 radical (unpaired) electrons. The summed E-state index contributed by atoms with van der Waals surface area (Å²) in [6.45, 7) is 6.27. The minimum Gasteiger partial charge on any atom is -0.327 e. The van der Waals surface area contributed by atoms with Crippen LogP contribution in [0.3, 0.4) is 0 Å². The van der Waals surface area contributed by atoms with Gasteiger partial charge in [-0.05, 0) is 35.2 Å². The molecule has 2 aromatic rings. The molecule has 2 aliphatic heterocycles. The second-order valence-electron chi connectivity index (χ2n) is 8.48. The third-order valence-electron chi connectivity index (χ3n) is 5.35. The molecule has 31 heavy (non-hydrogen) atoms. The average Bonchev–Trinajstić information content (AvgIpc) is 3.33. The standard InChI is InChI=1S/C23H22N2O5S/c1-23(2,3)15-10-8-14(9-11-15)19(26)24-13-31-12-18(24)22(29)30-25-20(27)16-6-4-5-7-17(16)21(25)28/h4-11,18H,12-13H2,1-3H3. The van der Waals surface area contributed by atoms with E-state index >= 15 is 0 Å². The lowest BCUT2D eigenvalue weighted by atomic mass is 9.86. The number of hydroxylamine groups is 2. The van der Waals surface area contributed by atoms with Gasteiger partial charge in [0.1, 0.15) is 6.04 Å². The van der Waals surface area contributed by atoms with Crippen LogP contribution in [0.2, 0.25) is 0 Å². The minimum absolute atomic E-state index is 0.0379. The van der Waals surface area contributed by atoms with Gasteiger partial charge in [0, 0.05) is 11.3 Å². The predicted octanol–water partition coefficient (Wildman–Crippen LogP) is 3.25. The van der Waals surface area contributed by atoms with Crippen molar-refractivity contribution in [2.75, 3.05) is 11.6 Å². The van der Waals surface area contributed by atoms with Gasteiger partial charge in [0.05, 0.1) is 17.0 Å². The molecule has 2 aliphatic rings. The Bertz CT molecular complexity index is 1040. The van der Waals surface area contributed by atoms with Crippen molar-refractivity contribution in [2.24, 2.45) is 0 Å². The number of hydrogen-bond acceptors (Lipinski definition) is 6. The van der Waals surface area contributed by atoms with E-state index in [4.69, 9.17) is 4.84 Å². The molecule has 3 amide bonds. The van der Waals surface area contributed by atoms with E-state index in [9.17, 15) is 19.2 Å². The summed E-state index contributed by atoms with van der Waals surface area (Å²) in [4.78, 5) is 57.3. The predicted molar refractivity (Wildman–Crippen MR) is 115 cm³/mol. The van der Waals surface area contributed by atoms with Crippen LogP contribution in [0.25, 0.3) is 0 Å². The number of imide groups is 1. The molecular weight excluding hydrogens is 416 g/mol. The summed E-state index contributed by atoms with van der Waals surface area (Å²) >= 11 is 1.41. The monoisotopic (exact) mass is 438 g/mol. The number of carbonyl (C=O) groups is 4. The molecule has 4 rings (SSSR count). The van der Waals surface area contributed by atoms with Crippen molar-refractivity contribution in [3.05, 3.63) is 70.8 Å². The maximum absolute atomic E-state index is 13.0. The third-order valence-corrected chi connectivity index (χ3v) is 6.36. The van der Waals surface area contributed by atoms with Gasteiger partial charge in [-0.15, -0.1) is 11.8 Å². The summed E-state index contributed by atoms with van der Waals surface area (Å²) in [5, 5.41) is 0.483. The second kappa shape index (κ2) is 7.85. The second-order valence-corrected chi connectivity index (χ2v) is 9.48. The molecule has 0 bridgehead atoms. The van der Waals surface area contributed by atoms with E-state index in [-0.39, 0.29) is 22.4 Å². The normalized spacial score (nSPS) is 18.4. The van der Waals surface area contributed by atoms with Crippen molar-refractivity contribution in [1.82, 2.24) is 9.96 Å². The number of thioether (sulfide) groups is 1. The highest BCUT2D eigenvalue weighted by Gasteiger charge is 2.43. The molecule has 8 heteroatoms. The molecule has 0 saturated carbocycles. The number of fused-ring (bicyclic) bond motifs is 1. The van der Waals surface area contributed by atoms with Crippen LogP contribution in [0.15, 0.2) is 48.5 Å². The SMILES string of the molecule is CC(C)(C)c1ccc(C(=O)N2CSCC2C(=O)ON2C(=O)c3ccccc3C2=O)cc1. The number of hydrogen-bond donors (Lipinski definition) is 0. The number of rotatable bonds is 3. The fraction of sp³-hybridized carbons (Fsp3) is 0.304. The molecular formula is C23H22N2O5S. The zero-order valence-corrected chi connectivity index (χ0v) is 18.3. The van der Waals surface area contributed by atoms with E-state index in [1.54, 1.807) is 24.3 Å². The summed E-state index contributed by atoms with van der Waals surface area (Å²) in [5.74, 6) is -1.82. The first-order chi connectivity index (χ1) is 14.7. The maximum Gasteiger partial charge on any atom is 0.356 e. The lowest BCUT2D eigenvalue weighted by Gasteiger charge is -2.24. The topological polar surface area (TPSA) is 84.0 Å². The van der Waals surface area contributed by atoms with Crippen LogP contribution in [-0.2, 0) is 15.0 Å². The molecule has 0 aliphatic carbocycles. The fourth-order valence-corrected chi connectivity index (χ4v) is 4.66. The van der Waals surface area contributed by atoms with Gasteiger partial charge >= 0.3 is 5.97 Å². The quantitative estimate of drug-likeness (QED) is 0.684. The Morgan fingerprint density at radius 1 is 0.968 bits per heavy atom. The molecule has 1 unspecified atom stereocenters. The van der Waals surface area contributed by atoms with Crippen molar-refractivity contribution in [3.63, 3.8) is 0 Å². The molecule has 160 valence electrons. The molecule has 2 heterocycles. The number of nitrogens with zero attached hydrogens (tertiary/aromatic N) is 2. The van der Waals surface area contributed by atoms with Crippen LogP contribution in [-0.4, -0.2) is 51.3 Å². The van der Waals surface area contributed by atoms with Crippen LogP contribution >= 0.6 is 11.8 Å². The summed E-state index contributed by atoms with van der Waals surface area (Å²) in [7, 11) is 0. The molecule has 1 atom stereocenters. The first-order valence-corrected chi connectivity index (χ1v) is 11.0. The lowest BCUT2D eigenvalue weighted by Crippen LogP contribution is -2.46. The van der Waals surface area contributed by atoms with Gasteiger partial charge in [0.15, 0.2) is 0 Å². The van der Waals surface area contributed by atoms with Crippen molar-refractivity contribution in [3.8, 4) is 0 Å². The highest BCUT2D eigenvalue weighted by molar-refractivity contribution is 7.99. The van der Waals surface area contributed by atoms with Crippen molar-refractivity contribution >= 4 is 35.5 Å². The average molecular weight is 439 g/mol. The molecule has 0 N–H and O–H groups in total. The minimum atomic E-state index is -0.885. The van der Waals surface area contributed by atoms with E-state index in [1.807, 2.05) is 12.1 Å². The Morgan fingerprint density at radius 2 is 1.55 bits per heavy atom. The zero-order valence-electron chi connectivity index (χ0n) is 17.5. The van der Waals surface area contributed by atoms with Gasteiger partial charge in [-0.3, -0.25) is 14.4 Å². The van der Waals surface area contributed by atoms with E-state index in [2.05, 4.69) is 20.8 Å². The van der Waals surface area contributed by atoms with Crippen LogP contribution < -0.4 is 0 Å². The fourth-order valence-electron chi connectivity index (χ4n) is 3.52. The highest BCUT2D eigenvalue weighted by atomic mass is 32.2. The van der Waals surface area contributed by atoms with Gasteiger partial charge < -0.3 is 9.74 Å². The molecule has 0 aromatic heterocycles. The van der Waals surface area contributed by atoms with E-state index in [0.717, 1.165) is 5.56 Å². The van der Waals surface area contributed by atoms with E-state index in [1.165, 1.54) is 28.8 Å². The number of carbonyl (C=O) groups excluding carboxylic acids is 4. The van der Waals surface area contributed by atoms with Crippen LogP contribution in [0.1, 0.15) is 57.4 Å². The number of amides is 3. The Morgan fingerprint density at radius 3 is 2.10 bits per heavy atom. The summed E-state index contributed by atoms with van der Waals surface area (Å²) in [6, 6.07) is 12.7. The van der Waals surface area contributed by atoms with E-state index in [0.29, 0.717) is 22.3 Å². The summed E-state index contributed by atoms with van der Waals surface area (Å²) in [5.41, 5.74) is 1.90. The van der Waals surface area contributed by atoms with Crippen molar-refractivity contribution in [1.29, 1.82) is 0 Å². The summed E-state index contributed by atoms with van der Waals surface area (Å²) in [6.07, 6.45) is 0. The van der Waals surface area contributed by atoms with Gasteiger partial charge in [-0.1, -0.05) is 50.1 Å². The van der Waals surface area contributed by atoms with Gasteiger partial charge in [0.2, 0.25) is 0 Å². The first-order valence-electron chi connectivity index (χ1n) is 9.87. The molecule has 7 nitrogen and oxygen atoms in total. The molecule has 1 fully saturated rings. The first kappa shape index (κ1) is 21.1. The smallest absolute Gasteiger partial charge is 0.327 e. The number of benzene rings is 2. The van der Waals surface area contributed by atoms with Gasteiger partial charge in [-0.2, -0.15) is 0 Å². The van der Waals surface area contributed by atoms with Crippen LogP contribution in [0, 0.1) is 0 Å². The highest BCUT2D eigenvalue weighted by Crippen LogP contribution is 2.28. The Balaban J connectivity index is 1.48. The van der Waals surface area contributed by atoms with Gasteiger partial charge in [0.25, 0.3) is 17.7 Å². The van der Waals surface area contributed by atoms with E-state index < -0.39 is 23.8 Å². The third kappa shape index (κ3) is 3.83. The molecule has 0 spiro atoms. The van der Waals surface area contributed by atoms with Gasteiger partial charge in [-0.25, -0.2) is 4.79 Å². The molecule has 2 aromatic carbocycles. The van der Waals surface area contributed by atoms with Crippen LogP contribution in [0.5, 0.6) is 0 Å². The van der Waals surface area contributed by atoms with Crippen molar-refractivity contribution in [2.45, 2.75) is 32.2 Å². The van der Waals surface area contributed by atoms with Crippen molar-refractivity contribution < 1.29 is 24.0 Å². The lowest BCUT2D eigenvalue weighted by molar-refractivity contribution is -0.172. The molecule has 1 saturated heterocycles. The van der Waals surface area contributed by atoms with Crippen LogP contribution in [0.4, 0.5) is 0 Å². The Labute approximate surface area is 184 Å². The maximum atomic E-state index is 13.0. The summed E-state index contributed by atoms with van der Waals surface area (Å²) < 4.78 is 0.